The first-order chi connectivity index (χ1) is 11.5. The van der Waals surface area contributed by atoms with Gasteiger partial charge >= 0.3 is 0 Å². The van der Waals surface area contributed by atoms with Crippen molar-refractivity contribution in [1.29, 1.82) is 0 Å². The zero-order valence-corrected chi connectivity index (χ0v) is 14.3. The summed E-state index contributed by atoms with van der Waals surface area (Å²) < 4.78 is 1.99. The molecule has 0 spiro atoms. The lowest BCUT2D eigenvalue weighted by atomic mass is 10.1. The number of nitrogens with one attached hydrogen (secondary N) is 1. The van der Waals surface area contributed by atoms with Crippen LogP contribution in [0.15, 0.2) is 53.7 Å². The summed E-state index contributed by atoms with van der Waals surface area (Å²) >= 11 is 1.42. The molecular weight excluding hydrogens is 322 g/mol. The fourth-order valence-corrected chi connectivity index (χ4v) is 3.29. The van der Waals surface area contributed by atoms with Crippen molar-refractivity contribution in [3.63, 3.8) is 0 Å². The molecular formula is C18H17N3O2S. The van der Waals surface area contributed by atoms with Crippen LogP contribution >= 0.6 is 11.8 Å². The first-order valence-corrected chi connectivity index (χ1v) is 8.48. The van der Waals surface area contributed by atoms with E-state index in [1.165, 1.54) is 18.7 Å². The van der Waals surface area contributed by atoms with E-state index in [1.807, 2.05) is 35.9 Å². The third-order valence-electron chi connectivity index (χ3n) is 3.61. The second-order valence-electron chi connectivity index (χ2n) is 5.41. The number of hydrogen-bond donors (Lipinski definition) is 1. The second kappa shape index (κ2) is 6.88. The van der Waals surface area contributed by atoms with Crippen LogP contribution in [-0.2, 0) is 11.8 Å². The predicted octanol–water partition coefficient (Wildman–Crippen LogP) is 3.51. The summed E-state index contributed by atoms with van der Waals surface area (Å²) in [5, 5.41) is 3.50. The van der Waals surface area contributed by atoms with Gasteiger partial charge in [0.2, 0.25) is 5.91 Å². The van der Waals surface area contributed by atoms with Crippen LogP contribution in [-0.4, -0.2) is 27.0 Å². The van der Waals surface area contributed by atoms with Gasteiger partial charge in [0.15, 0.2) is 10.9 Å². The van der Waals surface area contributed by atoms with Crippen molar-refractivity contribution in [1.82, 2.24) is 9.55 Å². The molecule has 0 aliphatic heterocycles. The Hall–Kier alpha value is -2.60. The van der Waals surface area contributed by atoms with Crippen molar-refractivity contribution >= 4 is 40.2 Å². The molecule has 2 aromatic carbocycles. The Kier molecular flexibility index (Phi) is 4.66. The largest absolute Gasteiger partial charge is 0.326 e. The van der Waals surface area contributed by atoms with Crippen LogP contribution in [0, 0.1) is 0 Å². The van der Waals surface area contributed by atoms with Crippen molar-refractivity contribution in [2.75, 3.05) is 11.1 Å². The molecule has 0 atom stereocenters. The maximum atomic E-state index is 12.3. The highest BCUT2D eigenvalue weighted by Crippen LogP contribution is 2.23. The zero-order chi connectivity index (χ0) is 17.1. The highest BCUT2D eigenvalue weighted by atomic mass is 32.2. The number of ketones is 1. The van der Waals surface area contributed by atoms with Crippen LogP contribution in [0.3, 0.4) is 0 Å². The molecule has 24 heavy (non-hydrogen) atoms. The van der Waals surface area contributed by atoms with E-state index < -0.39 is 0 Å². The minimum absolute atomic E-state index is 0.0291. The van der Waals surface area contributed by atoms with Crippen molar-refractivity contribution in [2.24, 2.45) is 7.05 Å². The molecule has 122 valence electrons. The number of carbonyl (C=O) groups excluding carboxylic acids is 2. The van der Waals surface area contributed by atoms with Crippen LogP contribution in [0.5, 0.6) is 0 Å². The van der Waals surface area contributed by atoms with E-state index in [-0.39, 0.29) is 11.7 Å². The number of amides is 1. The number of benzene rings is 2. The van der Waals surface area contributed by atoms with Gasteiger partial charge in [-0.2, -0.15) is 0 Å². The minimum atomic E-state index is -0.133. The number of nitrogens with zero attached hydrogens (tertiary/aromatic N) is 2. The second-order valence-corrected chi connectivity index (χ2v) is 6.35. The Bertz CT molecular complexity index is 900. The Labute approximate surface area is 144 Å². The molecule has 1 amide bonds. The number of aromatic nitrogens is 2. The highest BCUT2D eigenvalue weighted by Gasteiger charge is 2.11. The van der Waals surface area contributed by atoms with Crippen LogP contribution in [0.2, 0.25) is 0 Å². The van der Waals surface area contributed by atoms with Gasteiger partial charge in [-0.1, -0.05) is 23.9 Å². The third-order valence-corrected chi connectivity index (χ3v) is 4.64. The number of thioether (sulfide) groups is 1. The molecule has 0 bridgehead atoms. The number of hydrogen-bond acceptors (Lipinski definition) is 4. The van der Waals surface area contributed by atoms with Gasteiger partial charge in [0.25, 0.3) is 0 Å². The SMILES string of the molecule is CC(=O)Nc1ccc(C(=O)CSc2nc3ccccc3n2C)cc1. The molecule has 1 aromatic heterocycles. The molecule has 1 N–H and O–H groups in total. The fraction of sp³-hybridized carbons (Fsp3) is 0.167. The summed E-state index contributed by atoms with van der Waals surface area (Å²) in [5.74, 6) is 0.212. The summed E-state index contributed by atoms with van der Waals surface area (Å²) in [5.41, 5.74) is 3.28. The molecule has 0 radical (unpaired) electrons. The quantitative estimate of drug-likeness (QED) is 0.571. The number of carbonyl (C=O) groups is 2. The topological polar surface area (TPSA) is 64.0 Å². The summed E-state index contributed by atoms with van der Waals surface area (Å²) in [6.07, 6.45) is 0. The van der Waals surface area contributed by atoms with E-state index in [4.69, 9.17) is 0 Å². The van der Waals surface area contributed by atoms with Gasteiger partial charge < -0.3 is 9.88 Å². The van der Waals surface area contributed by atoms with E-state index in [9.17, 15) is 9.59 Å². The predicted molar refractivity (Wildman–Crippen MR) is 96.5 cm³/mol. The zero-order valence-electron chi connectivity index (χ0n) is 13.4. The third kappa shape index (κ3) is 3.49. The van der Waals surface area contributed by atoms with Gasteiger partial charge in [-0.3, -0.25) is 9.59 Å². The van der Waals surface area contributed by atoms with E-state index >= 15 is 0 Å². The Morgan fingerprint density at radius 2 is 1.83 bits per heavy atom. The molecule has 0 fully saturated rings. The Morgan fingerprint density at radius 3 is 2.50 bits per heavy atom. The normalized spacial score (nSPS) is 10.8. The molecule has 0 aliphatic rings. The monoisotopic (exact) mass is 339 g/mol. The lowest BCUT2D eigenvalue weighted by Crippen LogP contribution is -2.07. The van der Waals surface area contributed by atoms with E-state index in [0.717, 1.165) is 16.2 Å². The van der Waals surface area contributed by atoms with Crippen molar-refractivity contribution < 1.29 is 9.59 Å². The Balaban J connectivity index is 1.68. The lowest BCUT2D eigenvalue weighted by Gasteiger charge is -2.04. The molecule has 5 nitrogen and oxygen atoms in total. The number of para-hydroxylation sites is 2. The maximum absolute atomic E-state index is 12.3. The van der Waals surface area contributed by atoms with Gasteiger partial charge in [0.1, 0.15) is 0 Å². The van der Waals surface area contributed by atoms with Crippen LogP contribution in [0.25, 0.3) is 11.0 Å². The smallest absolute Gasteiger partial charge is 0.221 e. The van der Waals surface area contributed by atoms with Crippen LogP contribution in [0.1, 0.15) is 17.3 Å². The Morgan fingerprint density at radius 1 is 1.12 bits per heavy atom. The van der Waals surface area contributed by atoms with Gasteiger partial charge in [0.05, 0.1) is 16.8 Å². The first-order valence-electron chi connectivity index (χ1n) is 7.49. The average Bonchev–Trinajstić information content (AvgIpc) is 2.89. The molecule has 3 rings (SSSR count). The number of fused-ring (bicyclic) bond motifs is 1. The number of rotatable bonds is 5. The molecule has 1 heterocycles. The maximum Gasteiger partial charge on any atom is 0.221 e. The molecule has 6 heteroatoms. The molecule has 0 unspecified atom stereocenters. The fourth-order valence-electron chi connectivity index (χ4n) is 2.41. The van der Waals surface area contributed by atoms with E-state index in [2.05, 4.69) is 10.3 Å². The van der Waals surface area contributed by atoms with Gasteiger partial charge in [0, 0.05) is 25.2 Å². The van der Waals surface area contributed by atoms with Crippen molar-refractivity contribution in [3.05, 3.63) is 54.1 Å². The number of imidazole rings is 1. The molecule has 0 aliphatic carbocycles. The summed E-state index contributed by atoms with van der Waals surface area (Å²) in [6, 6.07) is 14.8. The molecule has 0 saturated carbocycles. The minimum Gasteiger partial charge on any atom is -0.326 e. The summed E-state index contributed by atoms with van der Waals surface area (Å²) in [4.78, 5) is 27.9. The molecule has 3 aromatic rings. The number of Topliss-reactive ketones (excluding diaryl/α,β-unsaturated/α-hetero) is 1. The van der Waals surface area contributed by atoms with Gasteiger partial charge in [-0.05, 0) is 36.4 Å². The van der Waals surface area contributed by atoms with Crippen LogP contribution in [0.4, 0.5) is 5.69 Å². The summed E-state index contributed by atoms with van der Waals surface area (Å²) in [6.45, 7) is 1.45. The summed E-state index contributed by atoms with van der Waals surface area (Å²) in [7, 11) is 1.95. The standard InChI is InChI=1S/C18H17N3O2S/c1-12(22)19-14-9-7-13(8-10-14)17(23)11-24-18-20-15-5-3-4-6-16(15)21(18)2/h3-10H,11H2,1-2H3,(H,19,22). The van der Waals surface area contributed by atoms with E-state index in [1.54, 1.807) is 24.3 Å². The number of aryl methyl sites for hydroxylation is 1. The molecule has 0 saturated heterocycles. The van der Waals surface area contributed by atoms with E-state index in [0.29, 0.717) is 17.0 Å². The van der Waals surface area contributed by atoms with Gasteiger partial charge in [-0.15, -0.1) is 0 Å². The lowest BCUT2D eigenvalue weighted by molar-refractivity contribution is -0.114. The average molecular weight is 339 g/mol. The van der Waals surface area contributed by atoms with Crippen molar-refractivity contribution in [2.45, 2.75) is 12.1 Å². The number of anilines is 1. The first kappa shape index (κ1) is 16.3. The highest BCUT2D eigenvalue weighted by molar-refractivity contribution is 7.99. The van der Waals surface area contributed by atoms with Crippen molar-refractivity contribution in [3.8, 4) is 0 Å². The van der Waals surface area contributed by atoms with Crippen LogP contribution < -0.4 is 5.32 Å². The van der Waals surface area contributed by atoms with Gasteiger partial charge in [-0.25, -0.2) is 4.98 Å².